The largest absolute Gasteiger partial charge is 0.469 e. The molecule has 0 unspecified atom stereocenters. The summed E-state index contributed by atoms with van der Waals surface area (Å²) in [5.41, 5.74) is 1.09. The Kier molecular flexibility index (Phi) is 2.49. The van der Waals surface area contributed by atoms with Crippen LogP contribution in [0.15, 0.2) is 12.3 Å². The quantitative estimate of drug-likeness (QED) is 0.651. The van der Waals surface area contributed by atoms with Crippen LogP contribution in [0.4, 0.5) is 0 Å². The second-order valence-corrected chi connectivity index (χ2v) is 2.23. The highest BCUT2D eigenvalue weighted by Gasteiger charge is 2.07. The van der Waals surface area contributed by atoms with Crippen molar-refractivity contribution in [1.29, 1.82) is 5.26 Å². The molecule has 0 fully saturated rings. The van der Waals surface area contributed by atoms with Gasteiger partial charge in [0.25, 0.3) is 0 Å². The van der Waals surface area contributed by atoms with Gasteiger partial charge in [-0.05, 0) is 6.07 Å². The topological polar surface area (TPSA) is 65.9 Å². The Morgan fingerprint density at radius 2 is 2.58 bits per heavy atom. The number of carbonyl (C=O) groups excluding carboxylic acids is 1. The van der Waals surface area contributed by atoms with Gasteiger partial charge in [-0.3, -0.25) is 4.79 Å². The molecular formula is C8H8N2O2. The van der Waals surface area contributed by atoms with Gasteiger partial charge >= 0.3 is 5.97 Å². The summed E-state index contributed by atoms with van der Waals surface area (Å²) in [7, 11) is 1.32. The summed E-state index contributed by atoms with van der Waals surface area (Å²) in [6.45, 7) is 0. The second-order valence-electron chi connectivity index (χ2n) is 2.23. The second kappa shape index (κ2) is 3.58. The number of esters is 1. The molecule has 1 aromatic heterocycles. The average molecular weight is 164 g/mol. The number of methoxy groups -OCH3 is 1. The van der Waals surface area contributed by atoms with Crippen molar-refractivity contribution in [3.63, 3.8) is 0 Å². The number of nitriles is 1. The van der Waals surface area contributed by atoms with Crippen molar-refractivity contribution in [3.05, 3.63) is 23.5 Å². The molecule has 1 rings (SSSR count). The minimum Gasteiger partial charge on any atom is -0.469 e. The zero-order valence-corrected chi connectivity index (χ0v) is 6.63. The van der Waals surface area contributed by atoms with E-state index in [-0.39, 0.29) is 12.4 Å². The van der Waals surface area contributed by atoms with Crippen molar-refractivity contribution in [2.75, 3.05) is 7.11 Å². The standard InChI is InChI=1S/C8H8N2O2/c1-12-8(11)4-7-6(5-9)2-3-10-7/h2-3,10H,4H2,1H3. The van der Waals surface area contributed by atoms with Crippen LogP contribution in [0, 0.1) is 11.3 Å². The fraction of sp³-hybridized carbons (Fsp3) is 0.250. The van der Waals surface area contributed by atoms with E-state index in [1.54, 1.807) is 12.3 Å². The van der Waals surface area contributed by atoms with E-state index in [0.29, 0.717) is 11.3 Å². The molecule has 0 aliphatic carbocycles. The van der Waals surface area contributed by atoms with E-state index < -0.39 is 0 Å². The fourth-order valence-electron chi connectivity index (χ4n) is 0.871. The van der Waals surface area contributed by atoms with E-state index in [0.717, 1.165) is 0 Å². The summed E-state index contributed by atoms with van der Waals surface area (Å²) >= 11 is 0. The normalized spacial score (nSPS) is 9.00. The molecule has 0 aliphatic rings. The summed E-state index contributed by atoms with van der Waals surface area (Å²) in [6.07, 6.45) is 1.74. The molecule has 0 aliphatic heterocycles. The molecule has 4 heteroatoms. The van der Waals surface area contributed by atoms with Gasteiger partial charge in [-0.2, -0.15) is 5.26 Å². The van der Waals surface area contributed by atoms with Gasteiger partial charge in [-0.1, -0.05) is 0 Å². The van der Waals surface area contributed by atoms with E-state index in [9.17, 15) is 4.79 Å². The first-order valence-corrected chi connectivity index (χ1v) is 3.41. The van der Waals surface area contributed by atoms with Gasteiger partial charge in [0.2, 0.25) is 0 Å². The lowest BCUT2D eigenvalue weighted by Crippen LogP contribution is -2.05. The fourth-order valence-corrected chi connectivity index (χ4v) is 0.871. The number of carbonyl (C=O) groups is 1. The highest BCUT2D eigenvalue weighted by atomic mass is 16.5. The lowest BCUT2D eigenvalue weighted by Gasteiger charge is -1.96. The molecule has 0 bridgehead atoms. The van der Waals surface area contributed by atoms with Crippen molar-refractivity contribution in [1.82, 2.24) is 4.98 Å². The molecule has 0 saturated carbocycles. The molecule has 1 heterocycles. The molecule has 1 aromatic rings. The maximum Gasteiger partial charge on any atom is 0.311 e. The van der Waals surface area contributed by atoms with Crippen LogP contribution in [0.1, 0.15) is 11.3 Å². The van der Waals surface area contributed by atoms with E-state index in [1.165, 1.54) is 7.11 Å². The summed E-state index contributed by atoms with van der Waals surface area (Å²) in [5, 5.41) is 8.57. The smallest absolute Gasteiger partial charge is 0.311 e. The molecule has 1 N–H and O–H groups in total. The zero-order valence-electron chi connectivity index (χ0n) is 6.63. The monoisotopic (exact) mass is 164 g/mol. The third kappa shape index (κ3) is 1.64. The SMILES string of the molecule is COC(=O)Cc1[nH]ccc1C#N. The predicted octanol–water partition coefficient (Wildman–Crippen LogP) is 0.602. The summed E-state index contributed by atoms with van der Waals surface area (Å²) < 4.78 is 4.45. The van der Waals surface area contributed by atoms with E-state index in [1.807, 2.05) is 6.07 Å². The van der Waals surface area contributed by atoms with Crippen LogP contribution in [-0.2, 0) is 16.0 Å². The zero-order chi connectivity index (χ0) is 8.97. The molecule has 0 aromatic carbocycles. The molecule has 0 atom stereocenters. The van der Waals surface area contributed by atoms with Gasteiger partial charge in [-0.25, -0.2) is 0 Å². The Morgan fingerprint density at radius 1 is 1.83 bits per heavy atom. The van der Waals surface area contributed by atoms with Crippen molar-refractivity contribution in [2.45, 2.75) is 6.42 Å². The minimum atomic E-state index is -0.353. The number of nitrogens with one attached hydrogen (secondary N) is 1. The van der Waals surface area contributed by atoms with Crippen LogP contribution in [0.3, 0.4) is 0 Å². The van der Waals surface area contributed by atoms with Crippen molar-refractivity contribution >= 4 is 5.97 Å². The van der Waals surface area contributed by atoms with Gasteiger partial charge < -0.3 is 9.72 Å². The number of H-pyrrole nitrogens is 1. The first-order chi connectivity index (χ1) is 5.77. The maximum absolute atomic E-state index is 10.8. The van der Waals surface area contributed by atoms with E-state index in [4.69, 9.17) is 5.26 Å². The number of ether oxygens (including phenoxy) is 1. The molecule has 12 heavy (non-hydrogen) atoms. The third-order valence-electron chi connectivity index (χ3n) is 1.50. The minimum absolute atomic E-state index is 0.117. The molecule has 0 radical (unpaired) electrons. The van der Waals surface area contributed by atoms with Crippen LogP contribution >= 0.6 is 0 Å². The first kappa shape index (κ1) is 8.34. The van der Waals surface area contributed by atoms with Crippen molar-refractivity contribution in [2.24, 2.45) is 0 Å². The highest BCUT2D eigenvalue weighted by molar-refractivity contribution is 5.72. The highest BCUT2D eigenvalue weighted by Crippen LogP contribution is 2.05. The molecule has 0 saturated heterocycles. The van der Waals surface area contributed by atoms with Gasteiger partial charge in [0.05, 0.1) is 19.1 Å². The Labute approximate surface area is 69.8 Å². The van der Waals surface area contributed by atoms with Crippen LogP contribution < -0.4 is 0 Å². The van der Waals surface area contributed by atoms with E-state index in [2.05, 4.69) is 9.72 Å². The van der Waals surface area contributed by atoms with Crippen LogP contribution in [0.5, 0.6) is 0 Å². The molecule has 4 nitrogen and oxygen atoms in total. The molecule has 62 valence electrons. The number of hydrogen-bond donors (Lipinski definition) is 1. The lowest BCUT2D eigenvalue weighted by atomic mass is 10.2. The maximum atomic E-state index is 10.8. The molecule has 0 amide bonds. The summed E-state index contributed by atoms with van der Waals surface area (Å²) in [6, 6.07) is 3.59. The average Bonchev–Trinajstić information content (AvgIpc) is 2.51. The molecular weight excluding hydrogens is 156 g/mol. The summed E-state index contributed by atoms with van der Waals surface area (Å²) in [4.78, 5) is 13.6. The third-order valence-corrected chi connectivity index (χ3v) is 1.50. The van der Waals surface area contributed by atoms with E-state index >= 15 is 0 Å². The summed E-state index contributed by atoms with van der Waals surface area (Å²) in [5.74, 6) is -0.353. The van der Waals surface area contributed by atoms with Crippen LogP contribution in [-0.4, -0.2) is 18.1 Å². The number of aromatic amines is 1. The number of nitrogens with zero attached hydrogens (tertiary/aromatic N) is 1. The first-order valence-electron chi connectivity index (χ1n) is 3.41. The van der Waals surface area contributed by atoms with Gasteiger partial charge in [0.1, 0.15) is 6.07 Å². The Bertz CT molecular complexity index is 322. The number of hydrogen-bond acceptors (Lipinski definition) is 3. The molecule has 0 spiro atoms. The van der Waals surface area contributed by atoms with Gasteiger partial charge in [-0.15, -0.1) is 0 Å². The van der Waals surface area contributed by atoms with Crippen LogP contribution in [0.25, 0.3) is 0 Å². The predicted molar refractivity (Wildman–Crippen MR) is 41.2 cm³/mol. The van der Waals surface area contributed by atoms with Crippen molar-refractivity contribution < 1.29 is 9.53 Å². The van der Waals surface area contributed by atoms with Gasteiger partial charge in [0.15, 0.2) is 0 Å². The van der Waals surface area contributed by atoms with Crippen LogP contribution in [0.2, 0.25) is 0 Å². The Hall–Kier alpha value is -1.76. The Morgan fingerprint density at radius 3 is 3.17 bits per heavy atom. The lowest BCUT2D eigenvalue weighted by molar-refractivity contribution is -0.139. The van der Waals surface area contributed by atoms with Crippen molar-refractivity contribution in [3.8, 4) is 6.07 Å². The Balaban J connectivity index is 2.76. The van der Waals surface area contributed by atoms with Gasteiger partial charge in [0, 0.05) is 11.9 Å². The number of aromatic nitrogens is 1. The number of rotatable bonds is 2.